The van der Waals surface area contributed by atoms with Crippen LogP contribution in [0.2, 0.25) is 0 Å². The van der Waals surface area contributed by atoms with Crippen LogP contribution in [0.5, 0.6) is 23.0 Å². The van der Waals surface area contributed by atoms with Crippen molar-refractivity contribution in [3.8, 4) is 23.0 Å². The van der Waals surface area contributed by atoms with Crippen LogP contribution in [0, 0.1) is 0 Å². The Morgan fingerprint density at radius 1 is 0.810 bits per heavy atom. The van der Waals surface area contributed by atoms with Crippen LogP contribution in [0.1, 0.15) is 11.1 Å². The molecular formula is C17H18O4. The van der Waals surface area contributed by atoms with Crippen molar-refractivity contribution in [1.82, 2.24) is 0 Å². The molecule has 0 heterocycles. The first kappa shape index (κ1) is 14.8. The average molecular weight is 286 g/mol. The minimum absolute atomic E-state index is 0.122. The fourth-order valence-electron chi connectivity index (χ4n) is 1.98. The highest BCUT2D eigenvalue weighted by Crippen LogP contribution is 2.32. The highest BCUT2D eigenvalue weighted by atomic mass is 16.5. The highest BCUT2D eigenvalue weighted by Gasteiger charge is 2.05. The normalized spacial score (nSPS) is 10.6. The molecule has 4 heteroatoms. The maximum atomic E-state index is 10.0. The zero-order chi connectivity index (χ0) is 15.2. The molecule has 0 spiro atoms. The van der Waals surface area contributed by atoms with E-state index in [0.717, 1.165) is 5.56 Å². The molecule has 2 rings (SSSR count). The van der Waals surface area contributed by atoms with Crippen LogP contribution in [0.15, 0.2) is 36.4 Å². The molecule has 4 nitrogen and oxygen atoms in total. The lowest BCUT2D eigenvalue weighted by Gasteiger charge is -2.08. The second kappa shape index (κ2) is 6.70. The van der Waals surface area contributed by atoms with Crippen LogP contribution < -0.4 is 14.2 Å². The van der Waals surface area contributed by atoms with Gasteiger partial charge in [-0.15, -0.1) is 0 Å². The molecule has 0 saturated heterocycles. The average Bonchev–Trinajstić information content (AvgIpc) is 2.53. The molecule has 0 bridgehead atoms. The summed E-state index contributed by atoms with van der Waals surface area (Å²) in [7, 11) is 4.72. The van der Waals surface area contributed by atoms with Gasteiger partial charge in [0.1, 0.15) is 0 Å². The third-order valence-corrected chi connectivity index (χ3v) is 3.11. The number of phenolic OH excluding ortho intramolecular Hbond substituents is 1. The lowest BCUT2D eigenvalue weighted by atomic mass is 10.1. The Morgan fingerprint density at radius 2 is 1.52 bits per heavy atom. The number of aromatic hydroxyl groups is 1. The van der Waals surface area contributed by atoms with Crippen molar-refractivity contribution < 1.29 is 19.3 Å². The fourth-order valence-corrected chi connectivity index (χ4v) is 1.98. The summed E-state index contributed by atoms with van der Waals surface area (Å²) in [5.41, 5.74) is 1.62. The zero-order valence-corrected chi connectivity index (χ0v) is 12.3. The van der Waals surface area contributed by atoms with Crippen molar-refractivity contribution in [1.29, 1.82) is 0 Å². The molecular weight excluding hydrogens is 268 g/mol. The van der Waals surface area contributed by atoms with Gasteiger partial charge in [0.15, 0.2) is 23.0 Å². The predicted octanol–water partition coefficient (Wildman–Crippen LogP) is 3.59. The molecule has 21 heavy (non-hydrogen) atoms. The summed E-state index contributed by atoms with van der Waals surface area (Å²) in [6, 6.07) is 11.0. The van der Waals surface area contributed by atoms with Gasteiger partial charge in [-0.05, 0) is 23.8 Å². The van der Waals surface area contributed by atoms with Crippen LogP contribution in [-0.4, -0.2) is 26.4 Å². The Hall–Kier alpha value is -2.62. The minimum atomic E-state index is 0.122. The number of hydrogen-bond acceptors (Lipinski definition) is 4. The van der Waals surface area contributed by atoms with Gasteiger partial charge in [-0.25, -0.2) is 0 Å². The quantitative estimate of drug-likeness (QED) is 0.853. The molecule has 0 aliphatic heterocycles. The van der Waals surface area contributed by atoms with E-state index in [9.17, 15) is 5.11 Å². The maximum absolute atomic E-state index is 10.0. The molecule has 2 aromatic carbocycles. The first-order valence-corrected chi connectivity index (χ1v) is 6.45. The van der Waals surface area contributed by atoms with Crippen LogP contribution in [-0.2, 0) is 0 Å². The zero-order valence-electron chi connectivity index (χ0n) is 12.3. The number of hydrogen-bond donors (Lipinski definition) is 1. The van der Waals surface area contributed by atoms with Crippen molar-refractivity contribution >= 4 is 12.2 Å². The fraction of sp³-hybridized carbons (Fsp3) is 0.176. The first-order chi connectivity index (χ1) is 10.2. The SMILES string of the molecule is COc1ccc(C=Cc2cccc(OC)c2O)cc1OC. The molecule has 0 fully saturated rings. The third kappa shape index (κ3) is 3.28. The standard InChI is InChI=1S/C17H18O4/c1-19-14-10-8-12(11-16(14)21-3)7-9-13-5-4-6-15(20-2)17(13)18/h4-11,18H,1-3H3. The van der Waals surface area contributed by atoms with E-state index in [-0.39, 0.29) is 5.75 Å². The van der Waals surface area contributed by atoms with E-state index >= 15 is 0 Å². The topological polar surface area (TPSA) is 47.9 Å². The van der Waals surface area contributed by atoms with Gasteiger partial charge in [0.25, 0.3) is 0 Å². The van der Waals surface area contributed by atoms with E-state index in [4.69, 9.17) is 14.2 Å². The minimum Gasteiger partial charge on any atom is -0.504 e. The summed E-state index contributed by atoms with van der Waals surface area (Å²) in [6.07, 6.45) is 3.70. The number of para-hydroxylation sites is 1. The monoisotopic (exact) mass is 286 g/mol. The van der Waals surface area contributed by atoms with Gasteiger partial charge in [0.05, 0.1) is 21.3 Å². The molecule has 0 aromatic heterocycles. The summed E-state index contributed by atoms with van der Waals surface area (Å²) in [5, 5.41) is 10.0. The molecule has 1 N–H and O–H groups in total. The number of benzene rings is 2. The summed E-state index contributed by atoms with van der Waals surface area (Å²) in [6.45, 7) is 0. The molecule has 0 aliphatic carbocycles. The van der Waals surface area contributed by atoms with Gasteiger partial charge in [-0.3, -0.25) is 0 Å². The summed E-state index contributed by atoms with van der Waals surface area (Å²) in [5.74, 6) is 1.91. The van der Waals surface area contributed by atoms with Gasteiger partial charge in [0, 0.05) is 5.56 Å². The van der Waals surface area contributed by atoms with E-state index in [2.05, 4.69) is 0 Å². The second-order valence-electron chi connectivity index (χ2n) is 4.35. The Bertz CT molecular complexity index is 647. The lowest BCUT2D eigenvalue weighted by molar-refractivity contribution is 0.355. The molecule has 0 atom stereocenters. The second-order valence-corrected chi connectivity index (χ2v) is 4.35. The van der Waals surface area contributed by atoms with Crippen molar-refractivity contribution in [2.45, 2.75) is 0 Å². The molecule has 2 aromatic rings. The van der Waals surface area contributed by atoms with E-state index in [0.29, 0.717) is 22.8 Å². The van der Waals surface area contributed by atoms with Crippen molar-refractivity contribution in [2.75, 3.05) is 21.3 Å². The highest BCUT2D eigenvalue weighted by molar-refractivity contribution is 5.74. The van der Waals surface area contributed by atoms with Crippen LogP contribution in [0.4, 0.5) is 0 Å². The molecule has 0 radical (unpaired) electrons. The largest absolute Gasteiger partial charge is 0.504 e. The van der Waals surface area contributed by atoms with Gasteiger partial charge in [-0.1, -0.05) is 30.4 Å². The molecule has 0 saturated carbocycles. The van der Waals surface area contributed by atoms with Gasteiger partial charge in [0.2, 0.25) is 0 Å². The van der Waals surface area contributed by atoms with Gasteiger partial charge < -0.3 is 19.3 Å². The van der Waals surface area contributed by atoms with E-state index in [1.54, 1.807) is 20.3 Å². The molecule has 0 amide bonds. The number of ether oxygens (including phenoxy) is 3. The van der Waals surface area contributed by atoms with Gasteiger partial charge in [-0.2, -0.15) is 0 Å². The lowest BCUT2D eigenvalue weighted by Crippen LogP contribution is -1.90. The summed E-state index contributed by atoms with van der Waals surface area (Å²) in [4.78, 5) is 0. The predicted molar refractivity (Wildman–Crippen MR) is 83.1 cm³/mol. The van der Waals surface area contributed by atoms with E-state index < -0.39 is 0 Å². The van der Waals surface area contributed by atoms with Crippen molar-refractivity contribution in [2.24, 2.45) is 0 Å². The Balaban J connectivity index is 2.29. The Labute approximate surface area is 124 Å². The Morgan fingerprint density at radius 3 is 2.19 bits per heavy atom. The van der Waals surface area contributed by atoms with Crippen LogP contribution in [0.3, 0.4) is 0 Å². The van der Waals surface area contributed by atoms with Crippen LogP contribution >= 0.6 is 0 Å². The molecule has 110 valence electrons. The molecule has 0 aliphatic rings. The van der Waals surface area contributed by atoms with E-state index in [1.807, 2.05) is 42.5 Å². The summed E-state index contributed by atoms with van der Waals surface area (Å²) >= 11 is 0. The van der Waals surface area contributed by atoms with Crippen LogP contribution in [0.25, 0.3) is 12.2 Å². The maximum Gasteiger partial charge on any atom is 0.165 e. The van der Waals surface area contributed by atoms with Crippen molar-refractivity contribution in [3.05, 3.63) is 47.5 Å². The smallest absolute Gasteiger partial charge is 0.165 e. The van der Waals surface area contributed by atoms with E-state index in [1.165, 1.54) is 7.11 Å². The third-order valence-electron chi connectivity index (χ3n) is 3.11. The molecule has 0 unspecified atom stereocenters. The number of rotatable bonds is 5. The number of phenols is 1. The van der Waals surface area contributed by atoms with Crippen molar-refractivity contribution in [3.63, 3.8) is 0 Å². The van der Waals surface area contributed by atoms with Gasteiger partial charge >= 0.3 is 0 Å². The first-order valence-electron chi connectivity index (χ1n) is 6.45. The Kier molecular flexibility index (Phi) is 4.72. The summed E-state index contributed by atoms with van der Waals surface area (Å²) < 4.78 is 15.5. The number of methoxy groups -OCH3 is 3.